The highest BCUT2D eigenvalue weighted by Gasteiger charge is 2.23. The minimum absolute atomic E-state index is 0.455. The van der Waals surface area contributed by atoms with Crippen LogP contribution in [0.15, 0.2) is 48.5 Å². The molecule has 0 radical (unpaired) electrons. The summed E-state index contributed by atoms with van der Waals surface area (Å²) in [5.74, 6) is -0.486. The maximum atomic E-state index is 11.4. The van der Waals surface area contributed by atoms with Gasteiger partial charge in [-0.05, 0) is 42.3 Å². The second-order valence-electron chi connectivity index (χ2n) is 6.82. The molecule has 1 unspecified atom stereocenters. The summed E-state index contributed by atoms with van der Waals surface area (Å²) in [6.45, 7) is 7.05. The van der Waals surface area contributed by atoms with Crippen LogP contribution in [0.2, 0.25) is 5.02 Å². The molecule has 0 aromatic heterocycles. The lowest BCUT2D eigenvalue weighted by molar-refractivity contribution is 0.0705. The van der Waals surface area contributed by atoms with E-state index in [-0.39, 0.29) is 0 Å². The zero-order chi connectivity index (χ0) is 18.5. The van der Waals surface area contributed by atoms with Crippen molar-refractivity contribution >= 4 is 17.5 Å². The van der Waals surface area contributed by atoms with Crippen LogP contribution in [0.5, 0.6) is 0 Å². The number of hydroxylamine groups is 1. The number of halogens is 1. The molecule has 1 fully saturated rings. The molecule has 5 nitrogen and oxygen atoms in total. The predicted molar refractivity (Wildman–Crippen MR) is 102 cm³/mol. The van der Waals surface area contributed by atoms with Gasteiger partial charge in [-0.1, -0.05) is 35.9 Å². The molecule has 2 aromatic rings. The molecule has 1 aliphatic heterocycles. The summed E-state index contributed by atoms with van der Waals surface area (Å²) in [5, 5.41) is 9.46. The van der Waals surface area contributed by atoms with Gasteiger partial charge in [-0.2, -0.15) is 0 Å². The van der Waals surface area contributed by atoms with Gasteiger partial charge in [0.2, 0.25) is 0 Å². The lowest BCUT2D eigenvalue weighted by Crippen LogP contribution is -2.50. The molecule has 1 amide bonds. The molecule has 6 heteroatoms. The molecular weight excluding hydrogens is 350 g/mol. The summed E-state index contributed by atoms with van der Waals surface area (Å²) < 4.78 is 0. The molecule has 2 aromatic carbocycles. The first-order valence-electron chi connectivity index (χ1n) is 8.79. The minimum Gasteiger partial charge on any atom is -0.296 e. The van der Waals surface area contributed by atoms with Crippen LogP contribution in [0, 0.1) is 0 Å². The van der Waals surface area contributed by atoms with E-state index < -0.39 is 5.91 Å². The Morgan fingerprint density at radius 3 is 2.58 bits per heavy atom. The van der Waals surface area contributed by atoms with Gasteiger partial charge in [-0.3, -0.25) is 19.8 Å². The Morgan fingerprint density at radius 1 is 1.15 bits per heavy atom. The normalized spacial score (nSPS) is 18.7. The quantitative estimate of drug-likeness (QED) is 0.624. The van der Waals surface area contributed by atoms with Crippen molar-refractivity contribution in [2.45, 2.75) is 26.1 Å². The number of carbonyl (C=O) groups is 1. The van der Waals surface area contributed by atoms with Gasteiger partial charge >= 0.3 is 0 Å². The first-order valence-corrected chi connectivity index (χ1v) is 9.17. The molecule has 1 heterocycles. The highest BCUT2D eigenvalue weighted by molar-refractivity contribution is 6.30. The van der Waals surface area contributed by atoms with Crippen LogP contribution in [-0.4, -0.2) is 46.6 Å². The number of hydrogen-bond donors (Lipinski definition) is 2. The Morgan fingerprint density at radius 2 is 1.92 bits per heavy atom. The predicted octanol–water partition coefficient (Wildman–Crippen LogP) is 3.17. The number of nitrogens with one attached hydrogen (secondary N) is 1. The number of rotatable bonds is 5. The van der Waals surface area contributed by atoms with Crippen LogP contribution in [0.4, 0.5) is 0 Å². The van der Waals surface area contributed by atoms with Gasteiger partial charge in [0.1, 0.15) is 0 Å². The van der Waals surface area contributed by atoms with E-state index in [0.29, 0.717) is 11.6 Å². The van der Waals surface area contributed by atoms with Gasteiger partial charge in [0.05, 0.1) is 0 Å². The van der Waals surface area contributed by atoms with Crippen LogP contribution >= 0.6 is 11.6 Å². The Hall–Kier alpha value is -1.92. The van der Waals surface area contributed by atoms with Crippen molar-refractivity contribution in [3.05, 3.63) is 70.2 Å². The zero-order valence-electron chi connectivity index (χ0n) is 14.9. The standard InChI is InChI=1S/C20H24ClN3O2/c1-15-12-23(13-16-5-7-18(8-6-16)20(25)22-26)9-10-24(15)14-17-3-2-4-19(21)11-17/h2-8,11,15,26H,9-10,12-14H2,1H3,(H,22,25). The number of hydrogen-bond acceptors (Lipinski definition) is 4. The fourth-order valence-electron chi connectivity index (χ4n) is 3.40. The molecule has 1 aliphatic rings. The maximum Gasteiger partial charge on any atom is 0.274 e. The van der Waals surface area contributed by atoms with Crippen molar-refractivity contribution in [2.75, 3.05) is 19.6 Å². The average molecular weight is 374 g/mol. The third-order valence-electron chi connectivity index (χ3n) is 4.85. The van der Waals surface area contributed by atoms with E-state index in [0.717, 1.165) is 43.3 Å². The largest absolute Gasteiger partial charge is 0.296 e. The molecule has 3 rings (SSSR count). The van der Waals surface area contributed by atoms with Crippen molar-refractivity contribution < 1.29 is 10.0 Å². The van der Waals surface area contributed by atoms with Crippen LogP contribution in [0.25, 0.3) is 0 Å². The topological polar surface area (TPSA) is 55.8 Å². The zero-order valence-corrected chi connectivity index (χ0v) is 15.6. The fraction of sp³-hybridized carbons (Fsp3) is 0.350. The Kier molecular flexibility index (Phi) is 6.27. The summed E-state index contributed by atoms with van der Waals surface area (Å²) >= 11 is 6.09. The van der Waals surface area contributed by atoms with Gasteiger partial charge in [0.15, 0.2) is 0 Å². The van der Waals surface area contributed by atoms with Gasteiger partial charge in [0, 0.05) is 49.4 Å². The van der Waals surface area contributed by atoms with E-state index in [4.69, 9.17) is 16.8 Å². The smallest absolute Gasteiger partial charge is 0.274 e. The van der Waals surface area contributed by atoms with Gasteiger partial charge < -0.3 is 0 Å². The molecule has 26 heavy (non-hydrogen) atoms. The van der Waals surface area contributed by atoms with Crippen molar-refractivity contribution in [3.8, 4) is 0 Å². The molecule has 0 aliphatic carbocycles. The van der Waals surface area contributed by atoms with E-state index in [1.807, 2.05) is 30.3 Å². The fourth-order valence-corrected chi connectivity index (χ4v) is 3.62. The SMILES string of the molecule is CC1CN(Cc2ccc(C(=O)NO)cc2)CCN1Cc1cccc(Cl)c1. The number of carbonyl (C=O) groups excluding carboxylic acids is 1. The molecule has 138 valence electrons. The summed E-state index contributed by atoms with van der Waals surface area (Å²) in [5.41, 5.74) is 4.52. The lowest BCUT2D eigenvalue weighted by atomic mass is 10.1. The monoisotopic (exact) mass is 373 g/mol. The number of amides is 1. The third-order valence-corrected chi connectivity index (χ3v) is 5.08. The second-order valence-corrected chi connectivity index (χ2v) is 7.26. The van der Waals surface area contributed by atoms with E-state index in [2.05, 4.69) is 22.8 Å². The Labute approximate surface area is 159 Å². The van der Waals surface area contributed by atoms with E-state index in [9.17, 15) is 4.79 Å². The third kappa shape index (κ3) is 4.83. The molecule has 2 N–H and O–H groups in total. The van der Waals surface area contributed by atoms with Gasteiger partial charge in [-0.15, -0.1) is 0 Å². The van der Waals surface area contributed by atoms with E-state index in [1.165, 1.54) is 5.56 Å². The molecular formula is C20H24ClN3O2. The Bertz CT molecular complexity index is 751. The highest BCUT2D eigenvalue weighted by Crippen LogP contribution is 2.18. The van der Waals surface area contributed by atoms with Crippen LogP contribution in [0.3, 0.4) is 0 Å². The van der Waals surface area contributed by atoms with Crippen molar-refractivity contribution in [1.82, 2.24) is 15.3 Å². The molecule has 0 bridgehead atoms. The molecule has 1 saturated heterocycles. The van der Waals surface area contributed by atoms with Crippen molar-refractivity contribution in [3.63, 3.8) is 0 Å². The Balaban J connectivity index is 1.54. The minimum atomic E-state index is -0.486. The maximum absolute atomic E-state index is 11.4. The number of nitrogens with zero attached hydrogens (tertiary/aromatic N) is 2. The lowest BCUT2D eigenvalue weighted by Gasteiger charge is -2.40. The van der Waals surface area contributed by atoms with Gasteiger partial charge in [-0.25, -0.2) is 5.48 Å². The molecule has 0 saturated carbocycles. The first-order chi connectivity index (χ1) is 12.5. The molecule has 1 atom stereocenters. The van der Waals surface area contributed by atoms with Crippen LogP contribution in [-0.2, 0) is 13.1 Å². The summed E-state index contributed by atoms with van der Waals surface area (Å²) in [7, 11) is 0. The number of piperazine rings is 1. The summed E-state index contributed by atoms with van der Waals surface area (Å²) in [4.78, 5) is 16.3. The van der Waals surface area contributed by atoms with Crippen molar-refractivity contribution in [2.24, 2.45) is 0 Å². The number of benzene rings is 2. The summed E-state index contributed by atoms with van der Waals surface area (Å²) in [6, 6.07) is 15.9. The van der Waals surface area contributed by atoms with E-state index >= 15 is 0 Å². The van der Waals surface area contributed by atoms with Crippen LogP contribution in [0.1, 0.15) is 28.4 Å². The van der Waals surface area contributed by atoms with Crippen molar-refractivity contribution in [1.29, 1.82) is 0 Å². The average Bonchev–Trinajstić information content (AvgIpc) is 2.64. The second kappa shape index (κ2) is 8.64. The van der Waals surface area contributed by atoms with E-state index in [1.54, 1.807) is 17.6 Å². The van der Waals surface area contributed by atoms with Crippen LogP contribution < -0.4 is 5.48 Å². The first kappa shape index (κ1) is 18.9. The summed E-state index contributed by atoms with van der Waals surface area (Å²) in [6.07, 6.45) is 0. The molecule has 0 spiro atoms. The highest BCUT2D eigenvalue weighted by atomic mass is 35.5. The van der Waals surface area contributed by atoms with Gasteiger partial charge in [0.25, 0.3) is 5.91 Å².